The van der Waals surface area contributed by atoms with Crippen LogP contribution in [0.3, 0.4) is 0 Å². The number of hydrogen-bond donors (Lipinski definition) is 1. The molecule has 1 N–H and O–H groups in total. The Morgan fingerprint density at radius 2 is 1.94 bits per heavy atom. The van der Waals surface area contributed by atoms with Gasteiger partial charge in [-0.2, -0.15) is 0 Å². The second-order valence-electron chi connectivity index (χ2n) is 4.33. The van der Waals surface area contributed by atoms with Crippen LogP contribution in [0.2, 0.25) is 0 Å². The number of aromatic amines is 1. The molecule has 0 saturated heterocycles. The number of rotatable bonds is 3. The molecule has 3 aromatic rings. The molecular weight excluding hydrogens is 222 g/mol. The molecule has 2 aromatic carbocycles. The summed E-state index contributed by atoms with van der Waals surface area (Å²) in [6, 6.07) is 18.2. The van der Waals surface area contributed by atoms with Crippen molar-refractivity contribution < 1.29 is 4.74 Å². The number of nitrogens with one attached hydrogen (secondary N) is 1. The van der Waals surface area contributed by atoms with Gasteiger partial charge in [0.15, 0.2) is 0 Å². The zero-order chi connectivity index (χ0) is 12.4. The molecule has 1 atom stereocenters. The van der Waals surface area contributed by atoms with E-state index in [1.54, 1.807) is 0 Å². The summed E-state index contributed by atoms with van der Waals surface area (Å²) < 4.78 is 5.95. The van der Waals surface area contributed by atoms with E-state index in [0.29, 0.717) is 0 Å². The second-order valence-corrected chi connectivity index (χ2v) is 4.33. The predicted octanol–water partition coefficient (Wildman–Crippen LogP) is 4.11. The van der Waals surface area contributed by atoms with Gasteiger partial charge in [-0.3, -0.25) is 0 Å². The number of hydrogen-bond acceptors (Lipinski definition) is 1. The summed E-state index contributed by atoms with van der Waals surface area (Å²) in [7, 11) is 0. The van der Waals surface area contributed by atoms with Gasteiger partial charge in [0.1, 0.15) is 11.9 Å². The molecule has 1 unspecified atom stereocenters. The molecule has 2 nitrogen and oxygen atoms in total. The highest BCUT2D eigenvalue weighted by atomic mass is 16.5. The highest BCUT2D eigenvalue weighted by molar-refractivity contribution is 5.80. The molecule has 89 valence electrons. The van der Waals surface area contributed by atoms with Crippen molar-refractivity contribution in [2.75, 3.05) is 0 Å². The molecule has 2 heteroatoms. The van der Waals surface area contributed by atoms with Crippen molar-refractivity contribution in [1.29, 1.82) is 0 Å². The molecule has 0 fully saturated rings. The number of fused-ring (bicyclic) bond motifs is 1. The third-order valence-electron chi connectivity index (χ3n) is 3.04. The van der Waals surface area contributed by atoms with E-state index in [2.05, 4.69) is 30.2 Å². The summed E-state index contributed by atoms with van der Waals surface area (Å²) in [6.45, 7) is 2.06. The number of ether oxygens (including phenoxy) is 1. The molecule has 0 aliphatic heterocycles. The van der Waals surface area contributed by atoms with Crippen molar-refractivity contribution in [2.24, 2.45) is 0 Å². The van der Waals surface area contributed by atoms with Crippen molar-refractivity contribution in [2.45, 2.75) is 13.0 Å². The van der Waals surface area contributed by atoms with Gasteiger partial charge in [-0.1, -0.05) is 30.3 Å². The zero-order valence-corrected chi connectivity index (χ0v) is 10.2. The first-order valence-electron chi connectivity index (χ1n) is 6.03. The van der Waals surface area contributed by atoms with Gasteiger partial charge in [0.2, 0.25) is 0 Å². The molecule has 0 amide bonds. The van der Waals surface area contributed by atoms with E-state index in [9.17, 15) is 0 Å². The Balaban J connectivity index is 1.83. The van der Waals surface area contributed by atoms with E-state index in [1.807, 2.05) is 42.5 Å². The third kappa shape index (κ3) is 2.09. The molecule has 0 bridgehead atoms. The van der Waals surface area contributed by atoms with Crippen LogP contribution in [0.5, 0.6) is 5.75 Å². The summed E-state index contributed by atoms with van der Waals surface area (Å²) in [5, 5.41) is 1.12. The van der Waals surface area contributed by atoms with Crippen molar-refractivity contribution in [3.05, 3.63) is 66.4 Å². The quantitative estimate of drug-likeness (QED) is 0.727. The van der Waals surface area contributed by atoms with Crippen LogP contribution < -0.4 is 4.74 Å². The number of aromatic nitrogens is 1. The summed E-state index contributed by atoms with van der Waals surface area (Å²) in [5.41, 5.74) is 2.26. The van der Waals surface area contributed by atoms with Crippen LogP contribution in [0.25, 0.3) is 10.9 Å². The minimum absolute atomic E-state index is 0.0478. The lowest BCUT2D eigenvalue weighted by atomic mass is 10.1. The molecule has 0 saturated carbocycles. The fraction of sp³-hybridized carbons (Fsp3) is 0.125. The third-order valence-corrected chi connectivity index (χ3v) is 3.04. The first kappa shape index (κ1) is 10.9. The van der Waals surface area contributed by atoms with Crippen LogP contribution >= 0.6 is 0 Å². The van der Waals surface area contributed by atoms with Crippen LogP contribution in [0.1, 0.15) is 18.6 Å². The smallest absolute Gasteiger partial charge is 0.121 e. The Morgan fingerprint density at radius 3 is 2.78 bits per heavy atom. The highest BCUT2D eigenvalue weighted by Crippen LogP contribution is 2.24. The minimum Gasteiger partial charge on any atom is -0.486 e. The Hall–Kier alpha value is -2.22. The summed E-state index contributed by atoms with van der Waals surface area (Å²) >= 11 is 0. The van der Waals surface area contributed by atoms with Gasteiger partial charge in [-0.15, -0.1) is 0 Å². The van der Waals surface area contributed by atoms with Gasteiger partial charge in [0, 0.05) is 10.9 Å². The predicted molar refractivity (Wildman–Crippen MR) is 72.6 cm³/mol. The first-order chi connectivity index (χ1) is 8.83. The summed E-state index contributed by atoms with van der Waals surface area (Å²) in [4.78, 5) is 3.05. The summed E-state index contributed by atoms with van der Waals surface area (Å²) in [6.07, 6.45) is 3.02. The highest BCUT2D eigenvalue weighted by Gasteiger charge is 2.07. The molecule has 1 heterocycles. The Labute approximate surface area is 106 Å². The minimum atomic E-state index is 0.0478. The molecular formula is C16H14NO. The van der Waals surface area contributed by atoms with Crippen molar-refractivity contribution >= 4 is 10.9 Å². The summed E-state index contributed by atoms with van der Waals surface area (Å²) in [5.74, 6) is 0.881. The van der Waals surface area contributed by atoms with Gasteiger partial charge in [-0.05, 0) is 36.8 Å². The Kier molecular flexibility index (Phi) is 2.77. The van der Waals surface area contributed by atoms with Crippen molar-refractivity contribution in [1.82, 2.24) is 4.98 Å². The van der Waals surface area contributed by atoms with Gasteiger partial charge < -0.3 is 9.72 Å². The van der Waals surface area contributed by atoms with Gasteiger partial charge in [0.05, 0.1) is 6.20 Å². The van der Waals surface area contributed by atoms with Gasteiger partial charge in [-0.25, -0.2) is 0 Å². The molecule has 1 aromatic heterocycles. The monoisotopic (exact) mass is 236 g/mol. The van der Waals surface area contributed by atoms with Crippen LogP contribution in [0.4, 0.5) is 0 Å². The number of benzene rings is 2. The van der Waals surface area contributed by atoms with Crippen LogP contribution in [-0.4, -0.2) is 4.98 Å². The van der Waals surface area contributed by atoms with E-state index < -0.39 is 0 Å². The Bertz CT molecular complexity index is 642. The van der Waals surface area contributed by atoms with Crippen LogP contribution in [-0.2, 0) is 0 Å². The standard InChI is InChI=1S/C16H14NO/c1-12(13-5-3-2-4-6-13)18-15-7-8-16-14(11-15)9-10-17-16/h2-9,11-12,17H,1H3. The SMILES string of the molecule is CC(Oc1ccc2[nH][c]cc2c1)c1ccccc1. The lowest BCUT2D eigenvalue weighted by Gasteiger charge is -2.15. The molecule has 1 radical (unpaired) electrons. The topological polar surface area (TPSA) is 25.0 Å². The Morgan fingerprint density at radius 1 is 1.11 bits per heavy atom. The maximum Gasteiger partial charge on any atom is 0.121 e. The molecule has 18 heavy (non-hydrogen) atoms. The average Bonchev–Trinajstić information content (AvgIpc) is 2.87. The lowest BCUT2D eigenvalue weighted by Crippen LogP contribution is -2.02. The normalized spacial score (nSPS) is 12.5. The largest absolute Gasteiger partial charge is 0.486 e. The molecule has 0 aliphatic carbocycles. The molecule has 0 aliphatic rings. The zero-order valence-electron chi connectivity index (χ0n) is 10.2. The first-order valence-corrected chi connectivity index (χ1v) is 6.03. The number of H-pyrrole nitrogens is 1. The van der Waals surface area contributed by atoms with Crippen LogP contribution in [0.15, 0.2) is 54.6 Å². The van der Waals surface area contributed by atoms with Crippen molar-refractivity contribution in [3.63, 3.8) is 0 Å². The lowest BCUT2D eigenvalue weighted by molar-refractivity contribution is 0.227. The van der Waals surface area contributed by atoms with Crippen LogP contribution in [0, 0.1) is 6.20 Å². The van der Waals surface area contributed by atoms with Gasteiger partial charge in [0.25, 0.3) is 0 Å². The molecule has 0 spiro atoms. The maximum absolute atomic E-state index is 5.95. The second kappa shape index (κ2) is 4.57. The van der Waals surface area contributed by atoms with E-state index >= 15 is 0 Å². The molecule has 3 rings (SSSR count). The van der Waals surface area contributed by atoms with Crippen molar-refractivity contribution in [3.8, 4) is 5.75 Å². The van der Waals surface area contributed by atoms with Gasteiger partial charge >= 0.3 is 0 Å². The van der Waals surface area contributed by atoms with E-state index in [-0.39, 0.29) is 6.10 Å². The van der Waals surface area contributed by atoms with E-state index in [0.717, 1.165) is 16.7 Å². The van der Waals surface area contributed by atoms with E-state index in [4.69, 9.17) is 4.74 Å². The fourth-order valence-electron chi connectivity index (χ4n) is 2.04. The maximum atomic E-state index is 5.95. The average molecular weight is 236 g/mol. The fourth-order valence-corrected chi connectivity index (χ4v) is 2.04. The van der Waals surface area contributed by atoms with E-state index in [1.165, 1.54) is 5.56 Å².